The molecule has 3 aromatic rings. The van der Waals surface area contributed by atoms with Crippen molar-refractivity contribution in [1.82, 2.24) is 10.3 Å². The van der Waals surface area contributed by atoms with Gasteiger partial charge in [-0.05, 0) is 86.9 Å². The first-order valence-corrected chi connectivity index (χ1v) is 11.1. The summed E-state index contributed by atoms with van der Waals surface area (Å²) in [5, 5.41) is 4.98. The number of benzene rings is 2. The molecule has 0 aliphatic carbocycles. The van der Waals surface area contributed by atoms with Crippen molar-refractivity contribution in [2.75, 3.05) is 19.7 Å². The number of rotatable bonds is 5. The quantitative estimate of drug-likeness (QED) is 0.423. The SMILES string of the molecule is Cc1cc(Br)c(OCCCC2CNCCc3[nH]c4ccccc4c32)c(Br)c1. The molecule has 5 heteroatoms. The van der Waals surface area contributed by atoms with E-state index in [2.05, 4.69) is 85.5 Å². The van der Waals surface area contributed by atoms with Gasteiger partial charge in [0.2, 0.25) is 0 Å². The summed E-state index contributed by atoms with van der Waals surface area (Å²) in [6, 6.07) is 12.9. The van der Waals surface area contributed by atoms with Crippen LogP contribution in [0.25, 0.3) is 10.9 Å². The summed E-state index contributed by atoms with van der Waals surface area (Å²) in [5.41, 5.74) is 5.38. The third-order valence-electron chi connectivity index (χ3n) is 5.26. The molecule has 0 amide bonds. The lowest BCUT2D eigenvalue weighted by Crippen LogP contribution is -2.20. The van der Waals surface area contributed by atoms with E-state index >= 15 is 0 Å². The zero-order valence-corrected chi connectivity index (χ0v) is 18.6. The smallest absolute Gasteiger partial charge is 0.147 e. The molecule has 27 heavy (non-hydrogen) atoms. The number of nitrogens with one attached hydrogen (secondary N) is 2. The Bertz CT molecular complexity index is 928. The van der Waals surface area contributed by atoms with Crippen LogP contribution in [0.5, 0.6) is 5.75 Å². The lowest BCUT2D eigenvalue weighted by molar-refractivity contribution is 0.297. The summed E-state index contributed by atoms with van der Waals surface area (Å²) < 4.78 is 8.09. The van der Waals surface area contributed by atoms with E-state index in [-0.39, 0.29) is 0 Å². The summed E-state index contributed by atoms with van der Waals surface area (Å²) in [6.07, 6.45) is 3.21. The van der Waals surface area contributed by atoms with Crippen LogP contribution in [0.1, 0.15) is 35.6 Å². The molecule has 4 rings (SSSR count). The molecule has 2 aromatic carbocycles. The first-order valence-electron chi connectivity index (χ1n) is 9.52. The largest absolute Gasteiger partial charge is 0.491 e. The van der Waals surface area contributed by atoms with E-state index in [9.17, 15) is 0 Å². The Balaban J connectivity index is 1.45. The second-order valence-corrected chi connectivity index (χ2v) is 8.97. The highest BCUT2D eigenvalue weighted by Gasteiger charge is 2.22. The van der Waals surface area contributed by atoms with Gasteiger partial charge in [-0.1, -0.05) is 18.2 Å². The van der Waals surface area contributed by atoms with E-state index in [1.54, 1.807) is 0 Å². The van der Waals surface area contributed by atoms with Crippen LogP contribution in [-0.2, 0) is 6.42 Å². The number of ether oxygens (including phenoxy) is 1. The molecule has 1 atom stereocenters. The van der Waals surface area contributed by atoms with Crippen LogP contribution in [0, 0.1) is 6.92 Å². The first kappa shape index (κ1) is 19.0. The highest BCUT2D eigenvalue weighted by atomic mass is 79.9. The van der Waals surface area contributed by atoms with Gasteiger partial charge in [0.05, 0.1) is 15.6 Å². The molecule has 0 saturated heterocycles. The van der Waals surface area contributed by atoms with Gasteiger partial charge in [-0.15, -0.1) is 0 Å². The zero-order valence-electron chi connectivity index (χ0n) is 15.4. The summed E-state index contributed by atoms with van der Waals surface area (Å²) >= 11 is 7.22. The number of H-pyrrole nitrogens is 1. The molecular weight excluding hydrogens is 468 g/mol. The van der Waals surface area contributed by atoms with Crippen molar-refractivity contribution in [2.24, 2.45) is 0 Å². The van der Waals surface area contributed by atoms with Crippen molar-refractivity contribution in [3.05, 3.63) is 62.2 Å². The van der Waals surface area contributed by atoms with Crippen LogP contribution in [0.15, 0.2) is 45.3 Å². The Morgan fingerprint density at radius 1 is 1.15 bits per heavy atom. The lowest BCUT2D eigenvalue weighted by atomic mass is 9.92. The Hall–Kier alpha value is -1.30. The van der Waals surface area contributed by atoms with Gasteiger partial charge in [-0.2, -0.15) is 0 Å². The maximum absolute atomic E-state index is 6.08. The summed E-state index contributed by atoms with van der Waals surface area (Å²) in [7, 11) is 0. The summed E-state index contributed by atoms with van der Waals surface area (Å²) in [5.74, 6) is 1.42. The van der Waals surface area contributed by atoms with Crippen LogP contribution in [0.3, 0.4) is 0 Å². The molecule has 0 spiro atoms. The van der Waals surface area contributed by atoms with Crippen LogP contribution in [0.2, 0.25) is 0 Å². The lowest BCUT2D eigenvalue weighted by Gasteiger charge is -2.17. The molecule has 2 N–H and O–H groups in total. The Morgan fingerprint density at radius 2 is 1.93 bits per heavy atom. The maximum Gasteiger partial charge on any atom is 0.147 e. The first-order chi connectivity index (χ1) is 13.1. The standard InChI is InChI=1S/C22H24Br2N2O/c1-14-11-17(23)22(18(24)12-14)27-10-4-5-15-13-25-9-8-20-21(15)16-6-2-3-7-19(16)26-20/h2-3,6-7,11-12,15,25-26H,4-5,8-10,13H2,1H3. The third-order valence-corrected chi connectivity index (χ3v) is 6.44. The van der Waals surface area contributed by atoms with Gasteiger partial charge in [0.1, 0.15) is 5.75 Å². The van der Waals surface area contributed by atoms with Crippen molar-refractivity contribution in [3.63, 3.8) is 0 Å². The van der Waals surface area contributed by atoms with Crippen molar-refractivity contribution in [2.45, 2.75) is 32.1 Å². The van der Waals surface area contributed by atoms with Gasteiger partial charge in [-0.25, -0.2) is 0 Å². The minimum Gasteiger partial charge on any atom is -0.491 e. The van der Waals surface area contributed by atoms with Gasteiger partial charge in [0.25, 0.3) is 0 Å². The van der Waals surface area contributed by atoms with Crippen molar-refractivity contribution < 1.29 is 4.74 Å². The molecule has 1 aliphatic heterocycles. The van der Waals surface area contributed by atoms with Crippen LogP contribution in [-0.4, -0.2) is 24.7 Å². The minimum atomic E-state index is 0.521. The molecule has 1 unspecified atom stereocenters. The maximum atomic E-state index is 6.08. The highest BCUT2D eigenvalue weighted by Crippen LogP contribution is 2.36. The fourth-order valence-electron chi connectivity index (χ4n) is 4.05. The van der Waals surface area contributed by atoms with E-state index in [0.717, 1.165) is 47.0 Å². The van der Waals surface area contributed by atoms with Crippen molar-refractivity contribution >= 4 is 42.8 Å². The number of aromatic nitrogens is 1. The van der Waals surface area contributed by atoms with E-state index in [1.165, 1.54) is 27.7 Å². The average molecular weight is 492 g/mol. The fourth-order valence-corrected chi connectivity index (χ4v) is 5.69. The second kappa shape index (κ2) is 8.38. The molecule has 142 valence electrons. The van der Waals surface area contributed by atoms with Crippen LogP contribution < -0.4 is 10.1 Å². The minimum absolute atomic E-state index is 0.521. The van der Waals surface area contributed by atoms with E-state index in [0.29, 0.717) is 12.5 Å². The second-order valence-electron chi connectivity index (χ2n) is 7.26. The molecule has 3 nitrogen and oxygen atoms in total. The number of hydrogen-bond donors (Lipinski definition) is 2. The molecule has 0 bridgehead atoms. The monoisotopic (exact) mass is 490 g/mol. The number of para-hydroxylation sites is 1. The van der Waals surface area contributed by atoms with Crippen LogP contribution in [0.4, 0.5) is 0 Å². The number of fused-ring (bicyclic) bond motifs is 3. The number of hydrogen-bond acceptors (Lipinski definition) is 2. The van der Waals surface area contributed by atoms with Gasteiger partial charge in [0, 0.05) is 36.1 Å². The molecule has 1 aliphatic rings. The van der Waals surface area contributed by atoms with E-state index < -0.39 is 0 Å². The van der Waals surface area contributed by atoms with Crippen molar-refractivity contribution in [3.8, 4) is 5.75 Å². The molecule has 1 aromatic heterocycles. The fraction of sp³-hybridized carbons (Fsp3) is 0.364. The summed E-state index contributed by atoms with van der Waals surface area (Å²) in [6.45, 7) is 4.87. The molecule has 0 radical (unpaired) electrons. The molecule has 0 saturated carbocycles. The van der Waals surface area contributed by atoms with Crippen LogP contribution >= 0.6 is 31.9 Å². The number of halogens is 2. The predicted octanol–water partition coefficient (Wildman–Crippen LogP) is 6.09. The summed E-state index contributed by atoms with van der Waals surface area (Å²) in [4.78, 5) is 3.64. The highest BCUT2D eigenvalue weighted by molar-refractivity contribution is 9.11. The number of aromatic amines is 1. The third kappa shape index (κ3) is 4.10. The Morgan fingerprint density at radius 3 is 2.74 bits per heavy atom. The zero-order chi connectivity index (χ0) is 18.8. The topological polar surface area (TPSA) is 37.0 Å². The normalized spacial score (nSPS) is 16.9. The Kier molecular flexibility index (Phi) is 5.90. The van der Waals surface area contributed by atoms with Gasteiger partial charge < -0.3 is 15.0 Å². The van der Waals surface area contributed by atoms with Gasteiger partial charge in [-0.3, -0.25) is 0 Å². The van der Waals surface area contributed by atoms with Crippen molar-refractivity contribution in [1.29, 1.82) is 0 Å². The molecular formula is C22H24Br2N2O. The Labute approximate surface area is 177 Å². The number of aryl methyl sites for hydroxylation is 1. The predicted molar refractivity (Wildman–Crippen MR) is 119 cm³/mol. The van der Waals surface area contributed by atoms with E-state index in [4.69, 9.17) is 4.74 Å². The van der Waals surface area contributed by atoms with Gasteiger partial charge in [0.15, 0.2) is 0 Å². The average Bonchev–Trinajstić information content (AvgIpc) is 2.88. The van der Waals surface area contributed by atoms with Gasteiger partial charge >= 0.3 is 0 Å². The molecule has 0 fully saturated rings. The van der Waals surface area contributed by atoms with E-state index in [1.807, 2.05) is 0 Å². The molecule has 2 heterocycles.